The molecule has 2 nitrogen and oxygen atoms in total. The maximum atomic E-state index is 13.7. The second-order valence-corrected chi connectivity index (χ2v) is 5.29. The first-order chi connectivity index (χ1) is 10.1. The molecule has 0 aliphatic carbocycles. The molecule has 0 aromatic heterocycles. The molecule has 0 spiro atoms. The van der Waals surface area contributed by atoms with E-state index in [0.717, 1.165) is 12.1 Å². The Morgan fingerprint density at radius 3 is 2.67 bits per heavy atom. The van der Waals surface area contributed by atoms with Crippen molar-refractivity contribution in [3.05, 3.63) is 58.9 Å². The molecule has 0 saturated carbocycles. The molecule has 2 aromatic rings. The molecule has 1 N–H and O–H groups in total. The van der Waals surface area contributed by atoms with E-state index in [-0.39, 0.29) is 11.9 Å². The highest BCUT2D eigenvalue weighted by molar-refractivity contribution is 6.32. The fraction of sp³-hybridized carbons (Fsp3) is 0.294. The fourth-order valence-electron chi connectivity index (χ4n) is 2.07. The molecule has 0 fully saturated rings. The van der Waals surface area contributed by atoms with Crippen LogP contribution < -0.4 is 10.1 Å². The summed E-state index contributed by atoms with van der Waals surface area (Å²) in [6, 6.07) is 12.1. The summed E-state index contributed by atoms with van der Waals surface area (Å²) >= 11 is 6.19. The van der Waals surface area contributed by atoms with Crippen LogP contribution in [0.15, 0.2) is 42.5 Å². The molecule has 2 aromatic carbocycles. The second kappa shape index (κ2) is 7.32. The van der Waals surface area contributed by atoms with Crippen LogP contribution in [-0.2, 0) is 0 Å². The normalized spacial score (nSPS) is 12.0. The molecule has 0 saturated heterocycles. The Morgan fingerprint density at radius 1 is 1.24 bits per heavy atom. The summed E-state index contributed by atoms with van der Waals surface area (Å²) in [4.78, 5) is 0. The Hall–Kier alpha value is -1.74. The monoisotopic (exact) mass is 307 g/mol. The third kappa shape index (κ3) is 4.11. The SMILES string of the molecule is CCCOc1ccc(NC(C)c2ccccc2F)cc1Cl. The second-order valence-electron chi connectivity index (χ2n) is 4.88. The van der Waals surface area contributed by atoms with Crippen LogP contribution in [0.4, 0.5) is 10.1 Å². The van der Waals surface area contributed by atoms with Gasteiger partial charge in [0.15, 0.2) is 0 Å². The summed E-state index contributed by atoms with van der Waals surface area (Å²) < 4.78 is 19.3. The van der Waals surface area contributed by atoms with Crippen molar-refractivity contribution in [2.45, 2.75) is 26.3 Å². The van der Waals surface area contributed by atoms with E-state index in [1.54, 1.807) is 18.2 Å². The van der Waals surface area contributed by atoms with Gasteiger partial charge in [-0.1, -0.05) is 36.7 Å². The standard InChI is InChI=1S/C17H19ClFNO/c1-3-10-21-17-9-8-13(11-15(17)18)20-12(2)14-6-4-5-7-16(14)19/h4-9,11-12,20H,3,10H2,1-2H3. The molecular formula is C17H19ClFNO. The van der Waals surface area contributed by atoms with Crippen LogP contribution in [0.3, 0.4) is 0 Å². The van der Waals surface area contributed by atoms with Crippen LogP contribution in [0, 0.1) is 5.82 Å². The van der Waals surface area contributed by atoms with Crippen LogP contribution in [0.5, 0.6) is 5.75 Å². The quantitative estimate of drug-likeness (QED) is 0.767. The van der Waals surface area contributed by atoms with E-state index < -0.39 is 0 Å². The van der Waals surface area contributed by atoms with Gasteiger partial charge in [-0.15, -0.1) is 0 Å². The van der Waals surface area contributed by atoms with Crippen molar-refractivity contribution < 1.29 is 9.13 Å². The number of hydrogen-bond acceptors (Lipinski definition) is 2. The van der Waals surface area contributed by atoms with Gasteiger partial charge in [0.25, 0.3) is 0 Å². The molecule has 2 rings (SSSR count). The van der Waals surface area contributed by atoms with Crippen LogP contribution in [0.2, 0.25) is 5.02 Å². The van der Waals surface area contributed by atoms with Gasteiger partial charge in [-0.2, -0.15) is 0 Å². The Labute approximate surface area is 129 Å². The summed E-state index contributed by atoms with van der Waals surface area (Å²) in [5, 5.41) is 3.79. The van der Waals surface area contributed by atoms with Crippen molar-refractivity contribution in [2.75, 3.05) is 11.9 Å². The average Bonchev–Trinajstić information content (AvgIpc) is 2.47. The lowest BCUT2D eigenvalue weighted by molar-refractivity contribution is 0.317. The van der Waals surface area contributed by atoms with Gasteiger partial charge in [0.05, 0.1) is 17.7 Å². The van der Waals surface area contributed by atoms with E-state index in [1.807, 2.05) is 32.0 Å². The van der Waals surface area contributed by atoms with Gasteiger partial charge >= 0.3 is 0 Å². The van der Waals surface area contributed by atoms with Gasteiger partial charge in [0, 0.05) is 11.3 Å². The molecule has 21 heavy (non-hydrogen) atoms. The molecule has 0 radical (unpaired) electrons. The first kappa shape index (κ1) is 15.6. The fourth-order valence-corrected chi connectivity index (χ4v) is 2.31. The first-order valence-electron chi connectivity index (χ1n) is 7.05. The zero-order valence-electron chi connectivity index (χ0n) is 12.2. The molecule has 112 valence electrons. The smallest absolute Gasteiger partial charge is 0.138 e. The number of hydrogen-bond donors (Lipinski definition) is 1. The topological polar surface area (TPSA) is 21.3 Å². The average molecular weight is 308 g/mol. The van der Waals surface area contributed by atoms with E-state index in [1.165, 1.54) is 6.07 Å². The van der Waals surface area contributed by atoms with Crippen molar-refractivity contribution in [2.24, 2.45) is 0 Å². The summed E-state index contributed by atoms with van der Waals surface area (Å²) in [5.74, 6) is 0.453. The number of anilines is 1. The van der Waals surface area contributed by atoms with Crippen LogP contribution in [0.1, 0.15) is 31.9 Å². The molecule has 0 bridgehead atoms. The van der Waals surface area contributed by atoms with Gasteiger partial charge in [-0.05, 0) is 37.6 Å². The highest BCUT2D eigenvalue weighted by Gasteiger charge is 2.11. The van der Waals surface area contributed by atoms with E-state index in [9.17, 15) is 4.39 Å². The van der Waals surface area contributed by atoms with Crippen molar-refractivity contribution in [1.82, 2.24) is 0 Å². The summed E-state index contributed by atoms with van der Waals surface area (Å²) in [7, 11) is 0. The minimum atomic E-state index is -0.216. The molecular weight excluding hydrogens is 289 g/mol. The van der Waals surface area contributed by atoms with E-state index in [2.05, 4.69) is 5.32 Å². The number of benzene rings is 2. The zero-order valence-corrected chi connectivity index (χ0v) is 13.0. The van der Waals surface area contributed by atoms with Crippen molar-refractivity contribution in [3.63, 3.8) is 0 Å². The Bertz CT molecular complexity index is 603. The largest absolute Gasteiger partial charge is 0.492 e. The Kier molecular flexibility index (Phi) is 5.45. The highest BCUT2D eigenvalue weighted by Crippen LogP contribution is 2.30. The Balaban J connectivity index is 2.09. The van der Waals surface area contributed by atoms with Crippen LogP contribution in [-0.4, -0.2) is 6.61 Å². The van der Waals surface area contributed by atoms with Gasteiger partial charge in [-0.25, -0.2) is 4.39 Å². The number of ether oxygens (including phenoxy) is 1. The molecule has 0 aliphatic rings. The summed E-state index contributed by atoms with van der Waals surface area (Å²) in [5.41, 5.74) is 1.46. The minimum absolute atomic E-state index is 0.148. The van der Waals surface area contributed by atoms with E-state index in [0.29, 0.717) is 22.9 Å². The van der Waals surface area contributed by atoms with Gasteiger partial charge in [0.1, 0.15) is 11.6 Å². The Morgan fingerprint density at radius 2 is 2.00 bits per heavy atom. The van der Waals surface area contributed by atoms with E-state index >= 15 is 0 Å². The predicted molar refractivity (Wildman–Crippen MR) is 85.7 cm³/mol. The first-order valence-corrected chi connectivity index (χ1v) is 7.43. The number of halogens is 2. The van der Waals surface area contributed by atoms with Gasteiger partial charge in [0.2, 0.25) is 0 Å². The summed E-state index contributed by atoms with van der Waals surface area (Å²) in [6.45, 7) is 4.59. The molecule has 4 heteroatoms. The third-order valence-corrected chi connectivity index (χ3v) is 3.44. The highest BCUT2D eigenvalue weighted by atomic mass is 35.5. The molecule has 0 amide bonds. The number of nitrogens with one attached hydrogen (secondary N) is 1. The maximum Gasteiger partial charge on any atom is 0.138 e. The van der Waals surface area contributed by atoms with Crippen LogP contribution >= 0.6 is 11.6 Å². The molecule has 1 unspecified atom stereocenters. The van der Waals surface area contributed by atoms with Crippen molar-refractivity contribution in [3.8, 4) is 5.75 Å². The lowest BCUT2D eigenvalue weighted by Crippen LogP contribution is -2.08. The zero-order chi connectivity index (χ0) is 15.2. The summed E-state index contributed by atoms with van der Waals surface area (Å²) in [6.07, 6.45) is 0.931. The third-order valence-electron chi connectivity index (χ3n) is 3.15. The van der Waals surface area contributed by atoms with Crippen LogP contribution in [0.25, 0.3) is 0 Å². The molecule has 0 aliphatic heterocycles. The maximum absolute atomic E-state index is 13.7. The van der Waals surface area contributed by atoms with Crippen molar-refractivity contribution >= 4 is 17.3 Å². The molecule has 1 atom stereocenters. The van der Waals surface area contributed by atoms with Crippen molar-refractivity contribution in [1.29, 1.82) is 0 Å². The minimum Gasteiger partial charge on any atom is -0.492 e. The number of rotatable bonds is 6. The van der Waals surface area contributed by atoms with E-state index in [4.69, 9.17) is 16.3 Å². The predicted octanol–water partition coefficient (Wildman–Crippen LogP) is 5.44. The van der Waals surface area contributed by atoms with Gasteiger partial charge in [-0.3, -0.25) is 0 Å². The molecule has 0 heterocycles. The lowest BCUT2D eigenvalue weighted by atomic mass is 10.1. The van der Waals surface area contributed by atoms with Gasteiger partial charge < -0.3 is 10.1 Å². The lowest BCUT2D eigenvalue weighted by Gasteiger charge is -2.17.